The number of benzene rings is 1. The molecule has 0 radical (unpaired) electrons. The van der Waals surface area contributed by atoms with Crippen LogP contribution >= 0.6 is 0 Å². The summed E-state index contributed by atoms with van der Waals surface area (Å²) in [5, 5.41) is 14.7. The summed E-state index contributed by atoms with van der Waals surface area (Å²) in [4.78, 5) is 21.9. The number of hydrogen-bond donors (Lipinski definition) is 0. The Labute approximate surface area is 114 Å². The van der Waals surface area contributed by atoms with Gasteiger partial charge < -0.3 is 14.9 Å². The van der Waals surface area contributed by atoms with Crippen molar-refractivity contribution in [3.8, 4) is 0 Å². The Hall–Kier alpha value is -2.70. The minimum Gasteiger partial charge on any atom is -0.462 e. The van der Waals surface area contributed by atoms with Crippen LogP contribution in [0.4, 0.5) is 5.82 Å². The van der Waals surface area contributed by atoms with Gasteiger partial charge in [0.05, 0.1) is 24.4 Å². The number of hydrogen-bond acceptors (Lipinski definition) is 5. The van der Waals surface area contributed by atoms with E-state index in [1.165, 1.54) is 10.9 Å². The average molecular weight is 275 g/mol. The molecule has 0 spiro atoms. The van der Waals surface area contributed by atoms with E-state index in [0.717, 1.165) is 5.56 Å². The van der Waals surface area contributed by atoms with Crippen molar-refractivity contribution in [2.24, 2.45) is 0 Å². The maximum Gasteiger partial charge on any atom is 0.404 e. The van der Waals surface area contributed by atoms with Crippen molar-refractivity contribution < 1.29 is 14.5 Å². The van der Waals surface area contributed by atoms with Crippen LogP contribution in [0.3, 0.4) is 0 Å². The zero-order valence-corrected chi connectivity index (χ0v) is 10.9. The Balaban J connectivity index is 2.29. The monoisotopic (exact) mass is 275 g/mol. The molecule has 2 aromatic rings. The number of rotatable bonds is 5. The molecule has 0 saturated heterocycles. The van der Waals surface area contributed by atoms with E-state index in [-0.39, 0.29) is 12.2 Å². The van der Waals surface area contributed by atoms with Gasteiger partial charge in [-0.3, -0.25) is 0 Å². The first kappa shape index (κ1) is 13.7. The molecule has 104 valence electrons. The highest BCUT2D eigenvalue weighted by Crippen LogP contribution is 2.17. The summed E-state index contributed by atoms with van der Waals surface area (Å²) in [6.45, 7) is 2.14. The van der Waals surface area contributed by atoms with E-state index in [4.69, 9.17) is 4.74 Å². The second-order valence-corrected chi connectivity index (χ2v) is 4.03. The lowest BCUT2D eigenvalue weighted by atomic mass is 10.2. The second-order valence-electron chi connectivity index (χ2n) is 4.03. The van der Waals surface area contributed by atoms with Gasteiger partial charge >= 0.3 is 11.8 Å². The standard InChI is InChI=1S/C13H13N3O4/c1-2-20-13(17)11-9-15(14-12(11)16(18)19)8-10-6-4-3-5-7-10/h3-7,9H,2,8H2,1H3. The molecule has 0 unspecified atom stereocenters. The summed E-state index contributed by atoms with van der Waals surface area (Å²) in [7, 11) is 0. The van der Waals surface area contributed by atoms with Crippen molar-refractivity contribution in [1.82, 2.24) is 9.78 Å². The van der Waals surface area contributed by atoms with Gasteiger partial charge in [-0.15, -0.1) is 0 Å². The Morgan fingerprint density at radius 2 is 2.10 bits per heavy atom. The predicted octanol–water partition coefficient (Wildman–Crippen LogP) is 2.02. The van der Waals surface area contributed by atoms with Crippen LogP contribution in [-0.2, 0) is 11.3 Å². The summed E-state index contributed by atoms with van der Waals surface area (Å²) in [6, 6.07) is 9.34. The van der Waals surface area contributed by atoms with Crippen LogP contribution < -0.4 is 0 Å². The largest absolute Gasteiger partial charge is 0.462 e. The number of carbonyl (C=O) groups is 1. The van der Waals surface area contributed by atoms with E-state index in [2.05, 4.69) is 5.10 Å². The molecule has 0 fully saturated rings. The highest BCUT2D eigenvalue weighted by atomic mass is 16.6. The van der Waals surface area contributed by atoms with E-state index in [1.54, 1.807) is 6.92 Å². The summed E-state index contributed by atoms with van der Waals surface area (Å²) in [5.41, 5.74) is 0.799. The Kier molecular flexibility index (Phi) is 4.09. The van der Waals surface area contributed by atoms with Crippen LogP contribution in [0, 0.1) is 10.1 Å². The molecule has 0 aliphatic carbocycles. The van der Waals surface area contributed by atoms with Crippen molar-refractivity contribution >= 4 is 11.8 Å². The zero-order valence-electron chi connectivity index (χ0n) is 10.9. The molecule has 1 aromatic carbocycles. The molecular formula is C13H13N3O4. The number of nitrogens with zero attached hydrogens (tertiary/aromatic N) is 3. The van der Waals surface area contributed by atoms with E-state index in [9.17, 15) is 14.9 Å². The third kappa shape index (κ3) is 3.00. The SMILES string of the molecule is CCOC(=O)c1cn(Cc2ccccc2)nc1[N+](=O)[O-]. The van der Waals surface area contributed by atoms with Crippen LogP contribution in [0.2, 0.25) is 0 Å². The fourth-order valence-electron chi connectivity index (χ4n) is 1.75. The highest BCUT2D eigenvalue weighted by molar-refractivity contribution is 5.92. The molecule has 1 heterocycles. The topological polar surface area (TPSA) is 87.3 Å². The van der Waals surface area contributed by atoms with Crippen LogP contribution in [0.15, 0.2) is 36.5 Å². The van der Waals surface area contributed by atoms with Gasteiger partial charge in [0.25, 0.3) is 0 Å². The zero-order chi connectivity index (χ0) is 14.5. The molecule has 2 rings (SSSR count). The minimum atomic E-state index is -0.737. The van der Waals surface area contributed by atoms with Crippen molar-refractivity contribution in [1.29, 1.82) is 0 Å². The van der Waals surface area contributed by atoms with Gasteiger partial charge in [-0.25, -0.2) is 4.79 Å². The Bertz CT molecular complexity index is 622. The van der Waals surface area contributed by atoms with Gasteiger partial charge in [0.1, 0.15) is 0 Å². The van der Waals surface area contributed by atoms with Crippen molar-refractivity contribution in [3.63, 3.8) is 0 Å². The van der Waals surface area contributed by atoms with Crippen molar-refractivity contribution in [2.45, 2.75) is 13.5 Å². The molecule has 0 aliphatic heterocycles. The molecule has 0 atom stereocenters. The smallest absolute Gasteiger partial charge is 0.404 e. The number of aromatic nitrogens is 2. The maximum atomic E-state index is 11.7. The molecule has 1 aromatic heterocycles. The molecule has 0 bridgehead atoms. The number of esters is 1. The Morgan fingerprint density at radius 3 is 2.70 bits per heavy atom. The van der Waals surface area contributed by atoms with Crippen molar-refractivity contribution in [3.05, 3.63) is 57.8 Å². The lowest BCUT2D eigenvalue weighted by molar-refractivity contribution is -0.390. The fraction of sp³-hybridized carbons (Fsp3) is 0.231. The van der Waals surface area contributed by atoms with Crippen molar-refractivity contribution in [2.75, 3.05) is 6.61 Å². The molecule has 7 heteroatoms. The average Bonchev–Trinajstić information content (AvgIpc) is 2.84. The van der Waals surface area contributed by atoms with Gasteiger partial charge in [0, 0.05) is 0 Å². The Morgan fingerprint density at radius 1 is 1.40 bits per heavy atom. The van der Waals surface area contributed by atoms with Crippen LogP contribution in [0.25, 0.3) is 0 Å². The molecular weight excluding hydrogens is 262 g/mol. The van der Waals surface area contributed by atoms with E-state index in [0.29, 0.717) is 6.54 Å². The highest BCUT2D eigenvalue weighted by Gasteiger charge is 2.27. The number of nitro groups is 1. The number of carbonyl (C=O) groups excluding carboxylic acids is 1. The minimum absolute atomic E-state index is 0.132. The normalized spacial score (nSPS) is 10.2. The first-order valence-electron chi connectivity index (χ1n) is 6.04. The third-order valence-electron chi connectivity index (χ3n) is 2.60. The quantitative estimate of drug-likeness (QED) is 0.473. The second kappa shape index (κ2) is 5.96. The van der Waals surface area contributed by atoms with Gasteiger partial charge in [-0.05, 0) is 17.4 Å². The van der Waals surface area contributed by atoms with Gasteiger partial charge in [-0.2, -0.15) is 4.68 Å². The summed E-state index contributed by atoms with van der Waals surface area (Å²) in [5.74, 6) is -1.22. The summed E-state index contributed by atoms with van der Waals surface area (Å²) in [6.07, 6.45) is 1.34. The lowest BCUT2D eigenvalue weighted by Gasteiger charge is -1.97. The van der Waals surface area contributed by atoms with Crippen LogP contribution in [-0.4, -0.2) is 27.3 Å². The van der Waals surface area contributed by atoms with Gasteiger partial charge in [-0.1, -0.05) is 30.3 Å². The third-order valence-corrected chi connectivity index (χ3v) is 2.60. The van der Waals surface area contributed by atoms with Crippen LogP contribution in [0.5, 0.6) is 0 Å². The van der Waals surface area contributed by atoms with Crippen LogP contribution in [0.1, 0.15) is 22.8 Å². The molecule has 7 nitrogen and oxygen atoms in total. The predicted molar refractivity (Wildman–Crippen MR) is 70.4 cm³/mol. The lowest BCUT2D eigenvalue weighted by Crippen LogP contribution is -2.06. The summed E-state index contributed by atoms with van der Waals surface area (Å²) < 4.78 is 6.15. The van der Waals surface area contributed by atoms with Gasteiger partial charge in [0.2, 0.25) is 0 Å². The first-order chi connectivity index (χ1) is 9.61. The molecule has 0 saturated carbocycles. The maximum absolute atomic E-state index is 11.7. The van der Waals surface area contributed by atoms with E-state index < -0.39 is 16.7 Å². The molecule has 20 heavy (non-hydrogen) atoms. The molecule has 0 amide bonds. The fourth-order valence-corrected chi connectivity index (χ4v) is 1.75. The molecule has 0 aliphatic rings. The number of ether oxygens (including phenoxy) is 1. The molecule has 0 N–H and O–H groups in total. The van der Waals surface area contributed by atoms with E-state index in [1.807, 2.05) is 30.3 Å². The summed E-state index contributed by atoms with van der Waals surface area (Å²) >= 11 is 0. The first-order valence-corrected chi connectivity index (χ1v) is 6.04. The van der Waals surface area contributed by atoms with E-state index >= 15 is 0 Å². The van der Waals surface area contributed by atoms with Gasteiger partial charge in [0.15, 0.2) is 5.56 Å².